The highest BCUT2D eigenvalue weighted by atomic mass is 32.2. The van der Waals surface area contributed by atoms with Gasteiger partial charge in [0.2, 0.25) is 15.9 Å². The molecule has 0 saturated carbocycles. The number of nitrogens with one attached hydrogen (secondary N) is 1. The molecule has 1 aromatic carbocycles. The van der Waals surface area contributed by atoms with E-state index in [1.807, 2.05) is 30.3 Å². The van der Waals surface area contributed by atoms with Gasteiger partial charge < -0.3 is 13.7 Å². The van der Waals surface area contributed by atoms with Crippen LogP contribution in [0.2, 0.25) is 0 Å². The van der Waals surface area contributed by atoms with E-state index in [1.165, 1.54) is 30.1 Å². The third kappa shape index (κ3) is 3.68. The molecule has 1 N–H and O–H groups in total. The summed E-state index contributed by atoms with van der Waals surface area (Å²) in [7, 11) is -0.769. The number of aryl methyl sites for hydroxylation is 1. The van der Waals surface area contributed by atoms with Gasteiger partial charge in [0.05, 0.1) is 0 Å². The fourth-order valence-electron chi connectivity index (χ4n) is 2.30. The average Bonchev–Trinajstić information content (AvgIpc) is 3.27. The molecule has 2 aromatic heterocycles. The van der Waals surface area contributed by atoms with E-state index in [0.29, 0.717) is 11.6 Å². The first-order valence-corrected chi connectivity index (χ1v) is 9.16. The van der Waals surface area contributed by atoms with Gasteiger partial charge in [-0.15, -0.1) is 0 Å². The van der Waals surface area contributed by atoms with Crippen LogP contribution < -0.4 is 4.72 Å². The largest absolute Gasteiger partial charge is 0.454 e. The molecule has 3 aromatic rings. The van der Waals surface area contributed by atoms with Gasteiger partial charge in [-0.25, -0.2) is 22.9 Å². The predicted octanol–water partition coefficient (Wildman–Crippen LogP) is 1.95. The summed E-state index contributed by atoms with van der Waals surface area (Å²) in [5.41, 5.74) is 1.38. The first-order valence-electron chi connectivity index (χ1n) is 7.67. The van der Waals surface area contributed by atoms with Crippen molar-refractivity contribution in [1.29, 1.82) is 0 Å². The van der Waals surface area contributed by atoms with Gasteiger partial charge in [-0.3, -0.25) is 0 Å². The molecule has 0 fully saturated rings. The van der Waals surface area contributed by atoms with Crippen molar-refractivity contribution >= 4 is 16.0 Å². The molecule has 0 atom stereocenters. The number of hydrogen-bond donors (Lipinski definition) is 1. The van der Waals surface area contributed by atoms with Crippen LogP contribution in [0.15, 0.2) is 58.2 Å². The van der Waals surface area contributed by atoms with E-state index >= 15 is 0 Å². The summed E-state index contributed by atoms with van der Waals surface area (Å²) in [6.45, 7) is -0.0888. The molecule has 0 bridgehead atoms. The average molecular weight is 375 g/mol. The first-order chi connectivity index (χ1) is 12.4. The van der Waals surface area contributed by atoms with E-state index in [1.54, 1.807) is 7.05 Å². The lowest BCUT2D eigenvalue weighted by Gasteiger charge is -2.03. The van der Waals surface area contributed by atoms with Crippen molar-refractivity contribution in [1.82, 2.24) is 14.3 Å². The Bertz CT molecular complexity index is 1020. The van der Waals surface area contributed by atoms with E-state index in [0.717, 1.165) is 5.56 Å². The minimum atomic E-state index is -3.63. The summed E-state index contributed by atoms with van der Waals surface area (Å²) < 4.78 is 37.8. The van der Waals surface area contributed by atoms with Crippen molar-refractivity contribution < 1.29 is 22.4 Å². The number of nitrogens with zero attached hydrogens (tertiary/aromatic N) is 2. The molecule has 0 spiro atoms. The van der Waals surface area contributed by atoms with Gasteiger partial charge in [0.15, 0.2) is 0 Å². The molecule has 0 aliphatic carbocycles. The fraction of sp³-hybridized carbons (Fsp3) is 0.176. The van der Waals surface area contributed by atoms with Gasteiger partial charge in [0.25, 0.3) is 0 Å². The molecule has 8 nitrogen and oxygen atoms in total. The molecule has 9 heteroatoms. The van der Waals surface area contributed by atoms with Gasteiger partial charge >= 0.3 is 5.97 Å². The molecular formula is C17H17N3O5S. The Balaban J connectivity index is 1.69. The van der Waals surface area contributed by atoms with Gasteiger partial charge in [0.1, 0.15) is 29.2 Å². The number of carbonyl (C=O) groups excluding carboxylic acids is 1. The molecule has 26 heavy (non-hydrogen) atoms. The zero-order valence-corrected chi connectivity index (χ0v) is 15.0. The highest BCUT2D eigenvalue weighted by Gasteiger charge is 2.20. The smallest absolute Gasteiger partial charge is 0.355 e. The molecule has 0 aliphatic rings. The van der Waals surface area contributed by atoms with Crippen molar-refractivity contribution in [2.24, 2.45) is 7.05 Å². The van der Waals surface area contributed by atoms with E-state index in [-0.39, 0.29) is 17.2 Å². The van der Waals surface area contributed by atoms with Crippen LogP contribution in [0.4, 0.5) is 0 Å². The number of rotatable bonds is 6. The van der Waals surface area contributed by atoms with E-state index in [2.05, 4.69) is 9.71 Å². The number of benzene rings is 1. The van der Waals surface area contributed by atoms with Crippen molar-refractivity contribution in [3.63, 3.8) is 0 Å². The summed E-state index contributed by atoms with van der Waals surface area (Å²) in [4.78, 5) is 16.5. The van der Waals surface area contributed by atoms with Gasteiger partial charge in [0, 0.05) is 18.8 Å². The maximum atomic E-state index is 12.2. The van der Waals surface area contributed by atoms with Gasteiger partial charge in [-0.2, -0.15) is 0 Å². The lowest BCUT2D eigenvalue weighted by molar-refractivity contribution is 0.0456. The summed E-state index contributed by atoms with van der Waals surface area (Å²) in [6.07, 6.45) is 2.75. The number of hydrogen-bond acceptors (Lipinski definition) is 6. The summed E-state index contributed by atoms with van der Waals surface area (Å²) >= 11 is 0. The number of carbonyl (C=O) groups is 1. The second-order valence-corrected chi connectivity index (χ2v) is 7.35. The fourth-order valence-corrected chi connectivity index (χ4v) is 3.10. The maximum absolute atomic E-state index is 12.2. The molecule has 3 rings (SSSR count). The summed E-state index contributed by atoms with van der Waals surface area (Å²) in [5.74, 6) is -0.229. The molecule has 0 unspecified atom stereocenters. The first kappa shape index (κ1) is 17.9. The molecule has 136 valence electrons. The van der Waals surface area contributed by atoms with Crippen molar-refractivity contribution in [3.8, 4) is 11.5 Å². The quantitative estimate of drug-likeness (QED) is 0.661. The van der Waals surface area contributed by atoms with Crippen molar-refractivity contribution in [2.45, 2.75) is 11.5 Å². The third-order valence-electron chi connectivity index (χ3n) is 3.69. The van der Waals surface area contributed by atoms with Crippen LogP contribution in [0, 0.1) is 0 Å². The highest BCUT2D eigenvalue weighted by molar-refractivity contribution is 7.89. The summed E-state index contributed by atoms with van der Waals surface area (Å²) in [6, 6.07) is 10.6. The topological polar surface area (TPSA) is 103 Å². The Kier molecular flexibility index (Phi) is 4.92. The number of ether oxygens (including phenoxy) is 1. The minimum absolute atomic E-state index is 0.0118. The van der Waals surface area contributed by atoms with Crippen LogP contribution in [-0.2, 0) is 28.4 Å². The van der Waals surface area contributed by atoms with Crippen LogP contribution in [0.25, 0.3) is 11.5 Å². The van der Waals surface area contributed by atoms with Crippen molar-refractivity contribution in [3.05, 3.63) is 60.2 Å². The van der Waals surface area contributed by atoms with Gasteiger partial charge in [-0.1, -0.05) is 18.2 Å². The van der Waals surface area contributed by atoms with E-state index in [9.17, 15) is 13.2 Å². The van der Waals surface area contributed by atoms with E-state index in [4.69, 9.17) is 9.15 Å². The number of sulfonamides is 1. The number of oxazole rings is 1. The molecule has 0 radical (unpaired) electrons. The van der Waals surface area contributed by atoms with E-state index < -0.39 is 16.0 Å². The van der Waals surface area contributed by atoms with Crippen molar-refractivity contribution in [2.75, 3.05) is 7.05 Å². The van der Waals surface area contributed by atoms with Crippen LogP contribution in [0.3, 0.4) is 0 Å². The zero-order valence-electron chi connectivity index (χ0n) is 14.2. The number of aromatic nitrogens is 2. The lowest BCUT2D eigenvalue weighted by Crippen LogP contribution is -2.17. The highest BCUT2D eigenvalue weighted by Crippen LogP contribution is 2.19. The number of esters is 1. The maximum Gasteiger partial charge on any atom is 0.355 e. The summed E-state index contributed by atoms with van der Waals surface area (Å²) in [5, 5.41) is 0. The Hall–Kier alpha value is -2.91. The minimum Gasteiger partial charge on any atom is -0.454 e. The normalized spacial score (nSPS) is 11.5. The van der Waals surface area contributed by atoms with Crippen LogP contribution in [0.5, 0.6) is 0 Å². The second-order valence-electron chi connectivity index (χ2n) is 5.47. The lowest BCUT2D eigenvalue weighted by atomic mass is 10.2. The monoisotopic (exact) mass is 375 g/mol. The Morgan fingerprint density at radius 3 is 2.73 bits per heavy atom. The SMILES string of the molecule is CNS(=O)(=O)c1cc(C(=O)OCc2coc(-c3ccccc3)n2)n(C)c1. The van der Waals surface area contributed by atoms with Crippen LogP contribution >= 0.6 is 0 Å². The molecule has 0 aliphatic heterocycles. The van der Waals surface area contributed by atoms with Crippen LogP contribution in [0.1, 0.15) is 16.2 Å². The molecule has 2 heterocycles. The predicted molar refractivity (Wildman–Crippen MR) is 92.7 cm³/mol. The second kappa shape index (κ2) is 7.14. The Labute approximate surface area is 150 Å². The standard InChI is InChI=1S/C17H17N3O5S/c1-18-26(22,23)14-8-15(20(2)9-14)17(21)25-11-13-10-24-16(19-13)12-6-4-3-5-7-12/h3-10,18H,11H2,1-2H3. The zero-order chi connectivity index (χ0) is 18.7. The molecule has 0 saturated heterocycles. The molecule has 0 amide bonds. The Morgan fingerprint density at radius 2 is 2.04 bits per heavy atom. The van der Waals surface area contributed by atoms with Crippen LogP contribution in [-0.4, -0.2) is 31.0 Å². The third-order valence-corrected chi connectivity index (χ3v) is 5.07. The molecular weight excluding hydrogens is 358 g/mol. The van der Waals surface area contributed by atoms with Gasteiger partial charge in [-0.05, 0) is 25.2 Å². The Morgan fingerprint density at radius 1 is 1.31 bits per heavy atom.